The quantitative estimate of drug-likeness (QED) is 0.805. The minimum atomic E-state index is 0.599. The van der Waals surface area contributed by atoms with E-state index in [0.717, 1.165) is 6.54 Å². The van der Waals surface area contributed by atoms with Crippen LogP contribution in [0, 0.1) is 13.8 Å². The van der Waals surface area contributed by atoms with Gasteiger partial charge in [0.2, 0.25) is 0 Å². The van der Waals surface area contributed by atoms with Crippen molar-refractivity contribution in [3.8, 4) is 0 Å². The second-order valence-corrected chi connectivity index (χ2v) is 5.63. The number of benzene rings is 2. The molecule has 0 amide bonds. The smallest absolute Gasteiger partial charge is 0.0400 e. The average molecular weight is 253 g/mol. The van der Waals surface area contributed by atoms with Crippen molar-refractivity contribution in [2.45, 2.75) is 40.2 Å². The molecule has 0 aromatic heterocycles. The van der Waals surface area contributed by atoms with E-state index in [1.54, 1.807) is 0 Å². The maximum atomic E-state index is 3.49. The fourth-order valence-corrected chi connectivity index (χ4v) is 2.30. The van der Waals surface area contributed by atoms with Crippen LogP contribution in [0.25, 0.3) is 0 Å². The van der Waals surface area contributed by atoms with Crippen LogP contribution < -0.4 is 5.32 Å². The summed E-state index contributed by atoms with van der Waals surface area (Å²) in [6.45, 7) is 9.60. The van der Waals surface area contributed by atoms with Crippen LogP contribution in [0.4, 0.5) is 5.69 Å². The molecule has 1 N–H and O–H groups in total. The highest BCUT2D eigenvalue weighted by atomic mass is 14.9. The molecule has 2 aromatic carbocycles. The number of nitrogens with one attached hydrogen (secondary N) is 1. The fraction of sp³-hybridized carbons (Fsp3) is 0.333. The number of hydrogen-bond donors (Lipinski definition) is 1. The van der Waals surface area contributed by atoms with Crippen molar-refractivity contribution < 1.29 is 0 Å². The molecule has 0 radical (unpaired) electrons. The summed E-state index contributed by atoms with van der Waals surface area (Å²) in [5.74, 6) is 0.599. The van der Waals surface area contributed by atoms with Crippen molar-refractivity contribution in [3.63, 3.8) is 0 Å². The highest BCUT2D eigenvalue weighted by Crippen LogP contribution is 2.17. The molecule has 1 nitrogen and oxygen atoms in total. The molecule has 0 aliphatic rings. The van der Waals surface area contributed by atoms with E-state index in [4.69, 9.17) is 0 Å². The third-order valence-electron chi connectivity index (χ3n) is 3.36. The van der Waals surface area contributed by atoms with Crippen LogP contribution in [-0.2, 0) is 6.54 Å². The Kier molecular flexibility index (Phi) is 4.26. The molecule has 0 unspecified atom stereocenters. The number of rotatable bonds is 4. The molecule has 1 heteroatoms. The molecule has 0 saturated heterocycles. The van der Waals surface area contributed by atoms with E-state index in [9.17, 15) is 0 Å². The van der Waals surface area contributed by atoms with Gasteiger partial charge in [0, 0.05) is 12.2 Å². The summed E-state index contributed by atoms with van der Waals surface area (Å²) in [6, 6.07) is 15.5. The molecule has 0 bridgehead atoms. The Morgan fingerprint density at radius 1 is 0.895 bits per heavy atom. The Hall–Kier alpha value is -1.76. The lowest BCUT2D eigenvalue weighted by atomic mass is 10.0. The Bertz CT molecular complexity index is 518. The highest BCUT2D eigenvalue weighted by Gasteiger charge is 2.00. The first-order chi connectivity index (χ1) is 9.04. The molecule has 2 rings (SSSR count). The van der Waals surface area contributed by atoms with Crippen molar-refractivity contribution >= 4 is 5.69 Å². The minimum absolute atomic E-state index is 0.599. The van der Waals surface area contributed by atoms with Gasteiger partial charge in [-0.1, -0.05) is 44.2 Å². The van der Waals surface area contributed by atoms with Crippen LogP contribution in [0.5, 0.6) is 0 Å². The van der Waals surface area contributed by atoms with Gasteiger partial charge in [-0.2, -0.15) is 0 Å². The van der Waals surface area contributed by atoms with Crippen molar-refractivity contribution in [1.29, 1.82) is 0 Å². The minimum Gasteiger partial charge on any atom is -0.381 e. The second kappa shape index (κ2) is 5.92. The summed E-state index contributed by atoms with van der Waals surface area (Å²) in [7, 11) is 0. The SMILES string of the molecule is Cc1cc(C)cc(NCc2ccc(C(C)C)cc2)c1. The highest BCUT2D eigenvalue weighted by molar-refractivity contribution is 5.48. The molecule has 0 fully saturated rings. The van der Waals surface area contributed by atoms with Crippen LogP contribution >= 0.6 is 0 Å². The third-order valence-corrected chi connectivity index (χ3v) is 3.36. The summed E-state index contributed by atoms with van der Waals surface area (Å²) in [5, 5.41) is 3.49. The zero-order valence-corrected chi connectivity index (χ0v) is 12.3. The zero-order valence-electron chi connectivity index (χ0n) is 12.3. The van der Waals surface area contributed by atoms with Crippen molar-refractivity contribution in [2.75, 3.05) is 5.32 Å². The molecule has 0 saturated carbocycles. The molecule has 0 heterocycles. The van der Waals surface area contributed by atoms with E-state index in [1.165, 1.54) is 27.9 Å². The summed E-state index contributed by atoms with van der Waals surface area (Å²) < 4.78 is 0. The van der Waals surface area contributed by atoms with Gasteiger partial charge in [-0.15, -0.1) is 0 Å². The van der Waals surface area contributed by atoms with Gasteiger partial charge in [-0.05, 0) is 54.2 Å². The first-order valence-electron chi connectivity index (χ1n) is 6.95. The van der Waals surface area contributed by atoms with Crippen LogP contribution in [0.3, 0.4) is 0 Å². The molecule has 100 valence electrons. The number of anilines is 1. The molecule has 0 atom stereocenters. The van der Waals surface area contributed by atoms with Gasteiger partial charge in [0.1, 0.15) is 0 Å². The van der Waals surface area contributed by atoms with Crippen molar-refractivity contribution in [1.82, 2.24) is 0 Å². The largest absolute Gasteiger partial charge is 0.381 e. The van der Waals surface area contributed by atoms with E-state index >= 15 is 0 Å². The maximum absolute atomic E-state index is 3.49. The second-order valence-electron chi connectivity index (χ2n) is 5.63. The molecular formula is C18H23N. The third kappa shape index (κ3) is 3.85. The lowest BCUT2D eigenvalue weighted by molar-refractivity contribution is 0.865. The van der Waals surface area contributed by atoms with Gasteiger partial charge < -0.3 is 5.32 Å². The Labute approximate surface area is 116 Å². The van der Waals surface area contributed by atoms with E-state index < -0.39 is 0 Å². The maximum Gasteiger partial charge on any atom is 0.0400 e. The Morgan fingerprint density at radius 2 is 1.47 bits per heavy atom. The van der Waals surface area contributed by atoms with Crippen LogP contribution in [0.15, 0.2) is 42.5 Å². The fourth-order valence-electron chi connectivity index (χ4n) is 2.30. The van der Waals surface area contributed by atoms with E-state index in [1.807, 2.05) is 0 Å². The first kappa shape index (κ1) is 13.7. The van der Waals surface area contributed by atoms with Crippen LogP contribution in [-0.4, -0.2) is 0 Å². The molecule has 2 aromatic rings. The van der Waals surface area contributed by atoms with Gasteiger partial charge in [-0.25, -0.2) is 0 Å². The van der Waals surface area contributed by atoms with E-state index in [0.29, 0.717) is 5.92 Å². The van der Waals surface area contributed by atoms with Crippen molar-refractivity contribution in [3.05, 3.63) is 64.7 Å². The monoisotopic (exact) mass is 253 g/mol. The predicted octanol–water partition coefficient (Wildman–Crippen LogP) is 5.04. The van der Waals surface area contributed by atoms with Gasteiger partial charge >= 0.3 is 0 Å². The van der Waals surface area contributed by atoms with E-state index in [-0.39, 0.29) is 0 Å². The molecule has 0 aliphatic heterocycles. The topological polar surface area (TPSA) is 12.0 Å². The van der Waals surface area contributed by atoms with Gasteiger partial charge in [0.15, 0.2) is 0 Å². The Morgan fingerprint density at radius 3 is 2.00 bits per heavy atom. The van der Waals surface area contributed by atoms with Gasteiger partial charge in [0.05, 0.1) is 0 Å². The first-order valence-corrected chi connectivity index (χ1v) is 6.95. The lowest BCUT2D eigenvalue weighted by Gasteiger charge is -2.10. The number of aryl methyl sites for hydroxylation is 2. The average Bonchev–Trinajstić information content (AvgIpc) is 2.36. The standard InChI is InChI=1S/C18H23N/c1-13(2)17-7-5-16(6-8-17)12-19-18-10-14(3)9-15(4)11-18/h5-11,13,19H,12H2,1-4H3. The Balaban J connectivity index is 2.02. The molecule has 19 heavy (non-hydrogen) atoms. The van der Waals surface area contributed by atoms with Crippen LogP contribution in [0.2, 0.25) is 0 Å². The lowest BCUT2D eigenvalue weighted by Crippen LogP contribution is -2.00. The zero-order chi connectivity index (χ0) is 13.8. The van der Waals surface area contributed by atoms with Gasteiger partial charge in [0.25, 0.3) is 0 Å². The molecular weight excluding hydrogens is 230 g/mol. The summed E-state index contributed by atoms with van der Waals surface area (Å²) >= 11 is 0. The molecule has 0 aliphatic carbocycles. The van der Waals surface area contributed by atoms with Crippen LogP contribution in [0.1, 0.15) is 42.0 Å². The normalized spacial score (nSPS) is 10.8. The predicted molar refractivity (Wildman–Crippen MR) is 83.8 cm³/mol. The van der Waals surface area contributed by atoms with Crippen molar-refractivity contribution in [2.24, 2.45) is 0 Å². The summed E-state index contributed by atoms with van der Waals surface area (Å²) in [6.07, 6.45) is 0. The van der Waals surface area contributed by atoms with E-state index in [2.05, 4.69) is 75.5 Å². The van der Waals surface area contributed by atoms with Gasteiger partial charge in [-0.3, -0.25) is 0 Å². The summed E-state index contributed by atoms with van der Waals surface area (Å²) in [4.78, 5) is 0. The number of hydrogen-bond acceptors (Lipinski definition) is 1. The molecule has 0 spiro atoms. The summed E-state index contributed by atoms with van der Waals surface area (Å²) in [5.41, 5.74) is 6.53.